The Morgan fingerprint density at radius 1 is 1.37 bits per heavy atom. The second kappa shape index (κ2) is 9.00. The number of nitrogens with zero attached hydrogens (tertiary/aromatic N) is 5. The van der Waals surface area contributed by atoms with E-state index >= 15 is 0 Å². The van der Waals surface area contributed by atoms with E-state index in [-0.39, 0.29) is 22.6 Å². The van der Waals surface area contributed by atoms with Gasteiger partial charge < -0.3 is 14.7 Å². The molecule has 3 aromatic heterocycles. The average molecular weight is 529 g/mol. The van der Waals surface area contributed by atoms with Crippen molar-refractivity contribution in [2.24, 2.45) is 0 Å². The molecule has 1 saturated carbocycles. The number of imidazole rings is 1. The molecule has 35 heavy (non-hydrogen) atoms. The van der Waals surface area contributed by atoms with E-state index in [0.29, 0.717) is 30.2 Å². The van der Waals surface area contributed by atoms with Gasteiger partial charge in [0.1, 0.15) is 10.6 Å². The number of nitrogens with one attached hydrogen (secondary N) is 1. The minimum Gasteiger partial charge on any atom is -0.394 e. The van der Waals surface area contributed by atoms with E-state index in [1.807, 2.05) is 18.7 Å². The number of morpholine rings is 1. The normalized spacial score (nSPS) is 22.3. The standard InChI is InChI=1S/C21H26F2N6O4S2/c1-3-12-11-33-13(10-30)8-28(12)15-6-14(35(31,32)27-21(2)4-5-21)9-29-16(7-24-18(15)29)19-25-26-20(34-19)17(22)23/h6-7,9,12-13,17,27,30H,3-5,8,10-11H2,1-2H3/t12-,13+/m0/s1. The Morgan fingerprint density at radius 3 is 2.77 bits per heavy atom. The number of pyridine rings is 1. The van der Waals surface area contributed by atoms with Crippen LogP contribution < -0.4 is 9.62 Å². The van der Waals surface area contributed by atoms with Crippen LogP contribution in [-0.2, 0) is 14.8 Å². The molecule has 14 heteroatoms. The average Bonchev–Trinajstić information content (AvgIpc) is 3.21. The van der Waals surface area contributed by atoms with Crippen molar-refractivity contribution in [2.75, 3.05) is 24.7 Å². The lowest BCUT2D eigenvalue weighted by Crippen LogP contribution is -2.51. The molecule has 0 spiro atoms. The van der Waals surface area contributed by atoms with Crippen molar-refractivity contribution in [1.29, 1.82) is 0 Å². The molecule has 1 saturated heterocycles. The van der Waals surface area contributed by atoms with Crippen molar-refractivity contribution in [2.45, 2.75) is 62.1 Å². The van der Waals surface area contributed by atoms with Gasteiger partial charge in [-0.3, -0.25) is 4.40 Å². The molecule has 0 bridgehead atoms. The highest BCUT2D eigenvalue weighted by atomic mass is 32.2. The van der Waals surface area contributed by atoms with E-state index in [0.717, 1.165) is 30.6 Å². The summed E-state index contributed by atoms with van der Waals surface area (Å²) in [6, 6.07) is 1.51. The molecule has 4 heterocycles. The van der Waals surface area contributed by atoms with E-state index in [2.05, 4.69) is 19.9 Å². The molecule has 3 aromatic rings. The Bertz CT molecular complexity index is 1340. The smallest absolute Gasteiger partial charge is 0.291 e. The number of ether oxygens (including phenoxy) is 1. The number of aromatic nitrogens is 4. The monoisotopic (exact) mass is 528 g/mol. The lowest BCUT2D eigenvalue weighted by Gasteiger charge is -2.40. The molecule has 1 aliphatic heterocycles. The van der Waals surface area contributed by atoms with E-state index in [1.165, 1.54) is 12.4 Å². The summed E-state index contributed by atoms with van der Waals surface area (Å²) in [5, 5.41) is 16.9. The van der Waals surface area contributed by atoms with Gasteiger partial charge in [-0.2, -0.15) is 0 Å². The summed E-state index contributed by atoms with van der Waals surface area (Å²) < 4.78 is 63.0. The molecule has 10 nitrogen and oxygen atoms in total. The summed E-state index contributed by atoms with van der Waals surface area (Å²) in [5.74, 6) is 0. The molecular weight excluding hydrogens is 502 g/mol. The molecule has 0 aromatic carbocycles. The number of alkyl halides is 2. The molecule has 2 N–H and O–H groups in total. The fourth-order valence-electron chi connectivity index (χ4n) is 4.16. The van der Waals surface area contributed by atoms with Gasteiger partial charge in [-0.15, -0.1) is 10.2 Å². The third kappa shape index (κ3) is 4.65. The summed E-state index contributed by atoms with van der Waals surface area (Å²) in [6.07, 6.45) is 1.93. The Morgan fingerprint density at radius 2 is 2.14 bits per heavy atom. The first-order valence-corrected chi connectivity index (χ1v) is 13.6. The van der Waals surface area contributed by atoms with E-state index in [9.17, 15) is 22.3 Å². The highest BCUT2D eigenvalue weighted by Crippen LogP contribution is 2.38. The van der Waals surface area contributed by atoms with Crippen molar-refractivity contribution in [3.63, 3.8) is 0 Å². The van der Waals surface area contributed by atoms with Gasteiger partial charge in [0, 0.05) is 18.3 Å². The summed E-state index contributed by atoms with van der Waals surface area (Å²) in [5.41, 5.74) is 0.874. The predicted octanol–water partition coefficient (Wildman–Crippen LogP) is 2.60. The highest BCUT2D eigenvalue weighted by molar-refractivity contribution is 7.89. The molecule has 0 radical (unpaired) electrons. The first kappa shape index (κ1) is 24.4. The van der Waals surface area contributed by atoms with Crippen LogP contribution in [0.25, 0.3) is 16.3 Å². The zero-order valence-corrected chi connectivity index (χ0v) is 20.8. The van der Waals surface area contributed by atoms with Crippen molar-refractivity contribution >= 4 is 32.7 Å². The number of hydrogen-bond acceptors (Lipinski definition) is 9. The maximum Gasteiger partial charge on any atom is 0.291 e. The third-order valence-electron chi connectivity index (χ3n) is 6.45. The molecule has 2 atom stereocenters. The predicted molar refractivity (Wildman–Crippen MR) is 125 cm³/mol. The van der Waals surface area contributed by atoms with E-state index < -0.39 is 33.1 Å². The lowest BCUT2D eigenvalue weighted by atomic mass is 10.1. The number of rotatable bonds is 8. The molecule has 5 rings (SSSR count). The van der Waals surface area contributed by atoms with Gasteiger partial charge in [0.05, 0.1) is 37.2 Å². The summed E-state index contributed by atoms with van der Waals surface area (Å²) in [6.45, 7) is 4.37. The maximum atomic E-state index is 13.3. The Balaban J connectivity index is 1.68. The van der Waals surface area contributed by atoms with Gasteiger partial charge in [-0.1, -0.05) is 18.3 Å². The van der Waals surface area contributed by atoms with Gasteiger partial charge in [-0.05, 0) is 32.3 Å². The zero-order valence-electron chi connectivity index (χ0n) is 19.2. The fraction of sp³-hybridized carbons (Fsp3) is 0.571. The van der Waals surface area contributed by atoms with Crippen LogP contribution in [0.3, 0.4) is 0 Å². The highest BCUT2D eigenvalue weighted by Gasteiger charge is 2.42. The summed E-state index contributed by atoms with van der Waals surface area (Å²) in [7, 11) is -3.90. The summed E-state index contributed by atoms with van der Waals surface area (Å²) >= 11 is 0.733. The van der Waals surface area contributed by atoms with Gasteiger partial charge in [-0.25, -0.2) is 26.9 Å². The molecule has 190 valence electrons. The van der Waals surface area contributed by atoms with Gasteiger partial charge in [0.25, 0.3) is 6.43 Å². The Hall–Kier alpha value is -2.26. The van der Waals surface area contributed by atoms with Crippen LogP contribution in [0.15, 0.2) is 23.4 Å². The molecule has 0 amide bonds. The van der Waals surface area contributed by atoms with Gasteiger partial charge >= 0.3 is 0 Å². The quantitative estimate of drug-likeness (QED) is 0.458. The molecule has 1 aliphatic carbocycles. The van der Waals surface area contributed by atoms with E-state index in [4.69, 9.17) is 4.74 Å². The molecule has 2 aliphatic rings. The number of aliphatic hydroxyl groups excluding tert-OH is 1. The van der Waals surface area contributed by atoms with Crippen LogP contribution in [-0.4, -0.2) is 70.5 Å². The molecule has 2 fully saturated rings. The van der Waals surface area contributed by atoms with Crippen molar-refractivity contribution in [1.82, 2.24) is 24.3 Å². The minimum atomic E-state index is -3.90. The van der Waals surface area contributed by atoms with Crippen LogP contribution in [0.4, 0.5) is 14.5 Å². The number of anilines is 1. The largest absolute Gasteiger partial charge is 0.394 e. The number of fused-ring (bicyclic) bond motifs is 1. The SMILES string of the molecule is CC[C@H]1CO[C@@H](CO)CN1c1cc(S(=O)(=O)NC2(C)CC2)cn2c(-c3nnc(C(F)F)s3)cnc12. The zero-order chi connectivity index (χ0) is 25.0. The van der Waals surface area contributed by atoms with Crippen LogP contribution in [0.5, 0.6) is 0 Å². The summed E-state index contributed by atoms with van der Waals surface area (Å²) in [4.78, 5) is 6.53. The van der Waals surface area contributed by atoms with Crippen LogP contribution >= 0.6 is 11.3 Å². The number of halogens is 2. The fourth-order valence-corrected chi connectivity index (χ4v) is 6.35. The third-order valence-corrected chi connectivity index (χ3v) is 9.01. The Kier molecular flexibility index (Phi) is 6.28. The van der Waals surface area contributed by atoms with Crippen molar-refractivity contribution < 1.29 is 27.0 Å². The number of aliphatic hydroxyl groups is 1. The second-order valence-corrected chi connectivity index (χ2v) is 11.9. The first-order chi connectivity index (χ1) is 16.6. The molecular formula is C21H26F2N6O4S2. The maximum absolute atomic E-state index is 13.3. The van der Waals surface area contributed by atoms with Crippen molar-refractivity contribution in [3.8, 4) is 10.7 Å². The van der Waals surface area contributed by atoms with E-state index in [1.54, 1.807) is 10.5 Å². The Labute approximate surface area is 205 Å². The minimum absolute atomic E-state index is 0.0212. The number of sulfonamides is 1. The number of hydrogen-bond donors (Lipinski definition) is 2. The van der Waals surface area contributed by atoms with Gasteiger partial charge in [0.15, 0.2) is 15.7 Å². The van der Waals surface area contributed by atoms with Crippen LogP contribution in [0, 0.1) is 0 Å². The van der Waals surface area contributed by atoms with Gasteiger partial charge in [0.2, 0.25) is 10.0 Å². The van der Waals surface area contributed by atoms with Crippen LogP contribution in [0.1, 0.15) is 44.5 Å². The van der Waals surface area contributed by atoms with Crippen LogP contribution in [0.2, 0.25) is 0 Å². The topological polar surface area (TPSA) is 122 Å². The second-order valence-electron chi connectivity index (χ2n) is 9.16. The lowest BCUT2D eigenvalue weighted by molar-refractivity contribution is -0.0134. The van der Waals surface area contributed by atoms with Crippen molar-refractivity contribution in [3.05, 3.63) is 23.5 Å². The first-order valence-electron chi connectivity index (χ1n) is 11.3. The molecule has 0 unspecified atom stereocenters.